The first-order chi connectivity index (χ1) is 6.26. The molecular weight excluding hydrogens is 156 g/mol. The predicted molar refractivity (Wildman–Crippen MR) is 61.7 cm³/mol. The van der Waals surface area contributed by atoms with Crippen LogP contribution in [0.1, 0.15) is 72.6 Å². The van der Waals surface area contributed by atoms with E-state index >= 15 is 0 Å². The van der Waals surface area contributed by atoms with Gasteiger partial charge in [-0.05, 0) is 24.7 Å². The lowest BCUT2D eigenvalue weighted by Crippen LogP contribution is -2.09. The molecule has 1 radical (unpaired) electrons. The van der Waals surface area contributed by atoms with Crippen LogP contribution in [0.15, 0.2) is 0 Å². The molecule has 0 nitrogen and oxygen atoms in total. The lowest BCUT2D eigenvalue weighted by atomic mass is 9.83. The van der Waals surface area contributed by atoms with Crippen LogP contribution >= 0.6 is 0 Å². The molecule has 0 aliphatic rings. The maximum atomic E-state index is 2.41. The highest BCUT2D eigenvalue weighted by atomic mass is 14.2. The Morgan fingerprint density at radius 3 is 2.08 bits per heavy atom. The van der Waals surface area contributed by atoms with Gasteiger partial charge in [0.1, 0.15) is 0 Å². The van der Waals surface area contributed by atoms with Crippen LogP contribution in [0.5, 0.6) is 0 Å². The Hall–Kier alpha value is 0. The van der Waals surface area contributed by atoms with Gasteiger partial charge in [-0.3, -0.25) is 0 Å². The van der Waals surface area contributed by atoms with Crippen molar-refractivity contribution in [1.29, 1.82) is 0 Å². The quantitative estimate of drug-likeness (QED) is 0.497. The van der Waals surface area contributed by atoms with Gasteiger partial charge in [0.15, 0.2) is 0 Å². The van der Waals surface area contributed by atoms with E-state index < -0.39 is 0 Å². The molecule has 13 heavy (non-hydrogen) atoms. The van der Waals surface area contributed by atoms with Crippen LogP contribution in [0.2, 0.25) is 0 Å². The third-order valence-corrected chi connectivity index (χ3v) is 2.84. The van der Waals surface area contributed by atoms with Crippen molar-refractivity contribution in [2.75, 3.05) is 0 Å². The van der Waals surface area contributed by atoms with Gasteiger partial charge < -0.3 is 0 Å². The fourth-order valence-electron chi connectivity index (χ4n) is 1.98. The van der Waals surface area contributed by atoms with Crippen molar-refractivity contribution < 1.29 is 0 Å². The Kier molecular flexibility index (Phi) is 8.59. The Morgan fingerprint density at radius 1 is 0.923 bits per heavy atom. The molecule has 0 N–H and O–H groups in total. The summed E-state index contributed by atoms with van der Waals surface area (Å²) < 4.78 is 0. The summed E-state index contributed by atoms with van der Waals surface area (Å²) in [6.45, 7) is 9.28. The van der Waals surface area contributed by atoms with Gasteiger partial charge in [0.05, 0.1) is 0 Å². The summed E-state index contributed by atoms with van der Waals surface area (Å²) in [5.74, 6) is 2.70. The maximum absolute atomic E-state index is 2.41. The van der Waals surface area contributed by atoms with Gasteiger partial charge in [0.25, 0.3) is 0 Å². The number of hydrogen-bond donors (Lipinski definition) is 0. The van der Waals surface area contributed by atoms with E-state index in [1.807, 2.05) is 5.92 Å². The summed E-state index contributed by atoms with van der Waals surface area (Å²) in [6.07, 6.45) is 9.52. The number of hydrogen-bond acceptors (Lipinski definition) is 0. The van der Waals surface area contributed by atoms with E-state index in [9.17, 15) is 0 Å². The molecular formula is C13H27. The van der Waals surface area contributed by atoms with Crippen molar-refractivity contribution in [2.45, 2.75) is 72.6 Å². The summed E-state index contributed by atoms with van der Waals surface area (Å²) in [5.41, 5.74) is 0. The molecule has 0 bridgehead atoms. The second-order valence-corrected chi connectivity index (χ2v) is 4.20. The van der Waals surface area contributed by atoms with Gasteiger partial charge in [-0.15, -0.1) is 0 Å². The molecule has 0 heterocycles. The maximum Gasteiger partial charge on any atom is -0.0213 e. The number of rotatable bonds is 8. The summed E-state index contributed by atoms with van der Waals surface area (Å²) in [6, 6.07) is 0. The van der Waals surface area contributed by atoms with Gasteiger partial charge in [-0.2, -0.15) is 0 Å². The monoisotopic (exact) mass is 183 g/mol. The molecule has 1 unspecified atom stereocenters. The fraction of sp³-hybridized carbons (Fsp3) is 0.923. The van der Waals surface area contributed by atoms with Gasteiger partial charge in [0.2, 0.25) is 0 Å². The molecule has 1 atom stereocenters. The Labute approximate surface area is 85.1 Å². The van der Waals surface area contributed by atoms with Crippen LogP contribution in [0.4, 0.5) is 0 Å². The van der Waals surface area contributed by atoms with E-state index in [1.165, 1.54) is 44.9 Å². The summed E-state index contributed by atoms with van der Waals surface area (Å²) in [4.78, 5) is 0. The first-order valence-electron chi connectivity index (χ1n) is 6.10. The highest BCUT2D eigenvalue weighted by Gasteiger charge is 2.15. The molecule has 0 saturated carbocycles. The van der Waals surface area contributed by atoms with Crippen LogP contribution in [0.3, 0.4) is 0 Å². The molecule has 0 amide bonds. The van der Waals surface area contributed by atoms with Crippen molar-refractivity contribution in [3.8, 4) is 0 Å². The predicted octanol–water partition coefficient (Wildman–Crippen LogP) is 4.99. The van der Waals surface area contributed by atoms with Gasteiger partial charge >= 0.3 is 0 Å². The lowest BCUT2D eigenvalue weighted by Gasteiger charge is -2.22. The smallest absolute Gasteiger partial charge is 0.0213 e. The minimum absolute atomic E-state index is 0.872. The van der Waals surface area contributed by atoms with Crippen molar-refractivity contribution in [1.82, 2.24) is 0 Å². The lowest BCUT2D eigenvalue weighted by molar-refractivity contribution is 0.464. The molecule has 0 saturated heterocycles. The van der Waals surface area contributed by atoms with Crippen LogP contribution in [-0.2, 0) is 0 Å². The topological polar surface area (TPSA) is 0 Å². The van der Waals surface area contributed by atoms with Gasteiger partial charge in [0, 0.05) is 0 Å². The Bertz CT molecular complexity index is 96.2. The average Bonchev–Trinajstić information content (AvgIpc) is 2.12. The molecule has 0 fully saturated rings. The van der Waals surface area contributed by atoms with E-state index in [0.717, 1.165) is 5.92 Å². The molecule has 0 aliphatic carbocycles. The van der Waals surface area contributed by atoms with Crippen LogP contribution in [-0.4, -0.2) is 0 Å². The van der Waals surface area contributed by atoms with Crippen molar-refractivity contribution in [3.63, 3.8) is 0 Å². The fourth-order valence-corrected chi connectivity index (χ4v) is 1.98. The van der Waals surface area contributed by atoms with Crippen molar-refractivity contribution >= 4 is 0 Å². The Balaban J connectivity index is 3.75. The minimum atomic E-state index is 0.872. The van der Waals surface area contributed by atoms with Crippen molar-refractivity contribution in [3.05, 3.63) is 5.92 Å². The minimum Gasteiger partial charge on any atom is -0.0654 e. The van der Waals surface area contributed by atoms with Crippen molar-refractivity contribution in [2.24, 2.45) is 5.92 Å². The second kappa shape index (κ2) is 8.59. The highest BCUT2D eigenvalue weighted by molar-refractivity contribution is 4.93. The average molecular weight is 183 g/mol. The summed E-state index contributed by atoms with van der Waals surface area (Å²) in [5, 5.41) is 0. The zero-order valence-electron chi connectivity index (χ0n) is 10.0. The first kappa shape index (κ1) is 13.0. The van der Waals surface area contributed by atoms with E-state index in [-0.39, 0.29) is 0 Å². The number of unbranched alkanes of at least 4 members (excludes halogenated alkanes) is 1. The SMILES string of the molecule is CCCC[C](CCC)C(C)CCC. The second-order valence-electron chi connectivity index (χ2n) is 4.20. The third-order valence-electron chi connectivity index (χ3n) is 2.84. The summed E-state index contributed by atoms with van der Waals surface area (Å²) >= 11 is 0. The van der Waals surface area contributed by atoms with Gasteiger partial charge in [-0.1, -0.05) is 59.8 Å². The zero-order chi connectivity index (χ0) is 10.1. The van der Waals surface area contributed by atoms with Gasteiger partial charge in [-0.25, -0.2) is 0 Å². The highest BCUT2D eigenvalue weighted by Crippen LogP contribution is 2.28. The van der Waals surface area contributed by atoms with Crippen LogP contribution < -0.4 is 0 Å². The van der Waals surface area contributed by atoms with Crippen LogP contribution in [0.25, 0.3) is 0 Å². The molecule has 0 aromatic rings. The molecule has 0 rings (SSSR count). The van der Waals surface area contributed by atoms with E-state index in [1.54, 1.807) is 0 Å². The molecule has 79 valence electrons. The Morgan fingerprint density at radius 2 is 1.62 bits per heavy atom. The van der Waals surface area contributed by atoms with E-state index in [4.69, 9.17) is 0 Å². The largest absolute Gasteiger partial charge is 0.0654 e. The normalized spacial score (nSPS) is 13.6. The molecule has 0 aromatic carbocycles. The van der Waals surface area contributed by atoms with Crippen LogP contribution in [0, 0.1) is 11.8 Å². The molecule has 0 spiro atoms. The molecule has 0 aromatic heterocycles. The summed E-state index contributed by atoms with van der Waals surface area (Å²) in [7, 11) is 0. The van der Waals surface area contributed by atoms with E-state index in [0.29, 0.717) is 0 Å². The molecule has 0 aliphatic heterocycles. The molecule has 0 heteroatoms. The standard InChI is InChI=1S/C13H27/c1-5-8-11-13(10-7-3)12(4)9-6-2/h12H,5-11H2,1-4H3. The zero-order valence-corrected chi connectivity index (χ0v) is 10.0. The van der Waals surface area contributed by atoms with E-state index in [2.05, 4.69) is 27.7 Å². The third kappa shape index (κ3) is 6.12. The first-order valence-corrected chi connectivity index (χ1v) is 6.10.